The molecule has 0 saturated heterocycles. The van der Waals surface area contributed by atoms with E-state index in [4.69, 9.17) is 9.84 Å². The van der Waals surface area contributed by atoms with Crippen molar-refractivity contribution < 1.29 is 14.6 Å². The largest absolute Gasteiger partial charge is 0.496 e. The summed E-state index contributed by atoms with van der Waals surface area (Å²) in [4.78, 5) is 10.8. The molecule has 0 spiro atoms. The number of nitrogens with one attached hydrogen (secondary N) is 1. The summed E-state index contributed by atoms with van der Waals surface area (Å²) in [6.45, 7) is 8.48. The van der Waals surface area contributed by atoms with Crippen LogP contribution in [0.25, 0.3) is 0 Å². The molecule has 0 saturated carbocycles. The van der Waals surface area contributed by atoms with E-state index in [0.29, 0.717) is 6.54 Å². The van der Waals surface area contributed by atoms with E-state index in [1.54, 1.807) is 14.0 Å². The second-order valence-electron chi connectivity index (χ2n) is 5.69. The second kappa shape index (κ2) is 6.06. The molecule has 1 aromatic carbocycles. The Morgan fingerprint density at radius 2 is 2.05 bits per heavy atom. The number of rotatable bonds is 5. The van der Waals surface area contributed by atoms with Gasteiger partial charge in [-0.3, -0.25) is 4.79 Å². The number of methoxy groups -OCH3 is 1. The average molecular weight is 265 g/mol. The van der Waals surface area contributed by atoms with Gasteiger partial charge in [0, 0.05) is 12.1 Å². The van der Waals surface area contributed by atoms with Crippen molar-refractivity contribution in [1.29, 1.82) is 0 Å². The summed E-state index contributed by atoms with van der Waals surface area (Å²) < 4.78 is 5.51. The van der Waals surface area contributed by atoms with Gasteiger partial charge in [-0.05, 0) is 17.9 Å². The van der Waals surface area contributed by atoms with E-state index in [1.807, 2.05) is 18.2 Å². The maximum atomic E-state index is 10.8. The standard InChI is InChI=1S/C15H23NO3/c1-10(14(17)18)16-9-11-7-6-8-12(13(11)19-5)15(2,3)4/h6-8,10,16H,9H2,1-5H3,(H,17,18)/t10-/m1/s1. The fourth-order valence-corrected chi connectivity index (χ4v) is 1.91. The fraction of sp³-hybridized carbons (Fsp3) is 0.533. The molecule has 0 heterocycles. The number of hydrogen-bond donors (Lipinski definition) is 2. The molecule has 0 aliphatic heterocycles. The Bertz CT molecular complexity index is 449. The van der Waals surface area contributed by atoms with E-state index in [2.05, 4.69) is 26.1 Å². The highest BCUT2D eigenvalue weighted by Crippen LogP contribution is 2.33. The van der Waals surface area contributed by atoms with Gasteiger partial charge in [-0.25, -0.2) is 0 Å². The molecule has 0 aliphatic carbocycles. The molecule has 0 aromatic heterocycles. The molecule has 0 bridgehead atoms. The number of aliphatic carboxylic acids is 1. The van der Waals surface area contributed by atoms with Crippen molar-refractivity contribution in [2.24, 2.45) is 0 Å². The van der Waals surface area contributed by atoms with E-state index in [1.165, 1.54) is 0 Å². The minimum atomic E-state index is -0.856. The van der Waals surface area contributed by atoms with Gasteiger partial charge in [0.2, 0.25) is 0 Å². The molecule has 2 N–H and O–H groups in total. The molecule has 0 amide bonds. The topological polar surface area (TPSA) is 58.6 Å². The normalized spacial score (nSPS) is 13.1. The van der Waals surface area contributed by atoms with Crippen molar-refractivity contribution in [3.8, 4) is 5.75 Å². The SMILES string of the molecule is COc1c(CN[C@H](C)C(=O)O)cccc1C(C)(C)C. The number of benzene rings is 1. The number of para-hydroxylation sites is 1. The second-order valence-corrected chi connectivity index (χ2v) is 5.69. The maximum Gasteiger partial charge on any atom is 0.320 e. The number of hydrogen-bond acceptors (Lipinski definition) is 3. The van der Waals surface area contributed by atoms with E-state index < -0.39 is 12.0 Å². The van der Waals surface area contributed by atoms with Crippen LogP contribution in [0.5, 0.6) is 5.75 Å². The molecule has 0 fully saturated rings. The average Bonchev–Trinajstić information content (AvgIpc) is 2.33. The Hall–Kier alpha value is -1.55. The van der Waals surface area contributed by atoms with Crippen molar-refractivity contribution in [1.82, 2.24) is 5.32 Å². The van der Waals surface area contributed by atoms with Crippen molar-refractivity contribution in [3.63, 3.8) is 0 Å². The van der Waals surface area contributed by atoms with E-state index >= 15 is 0 Å². The highest BCUT2D eigenvalue weighted by Gasteiger charge is 2.21. The van der Waals surface area contributed by atoms with Crippen molar-refractivity contribution in [3.05, 3.63) is 29.3 Å². The summed E-state index contributed by atoms with van der Waals surface area (Å²) in [5.41, 5.74) is 2.08. The quantitative estimate of drug-likeness (QED) is 0.859. The summed E-state index contributed by atoms with van der Waals surface area (Å²) in [7, 11) is 1.65. The lowest BCUT2D eigenvalue weighted by atomic mass is 9.85. The lowest BCUT2D eigenvalue weighted by molar-refractivity contribution is -0.139. The highest BCUT2D eigenvalue weighted by atomic mass is 16.5. The van der Waals surface area contributed by atoms with Crippen LogP contribution in [0.3, 0.4) is 0 Å². The number of ether oxygens (including phenoxy) is 1. The zero-order valence-electron chi connectivity index (χ0n) is 12.3. The van der Waals surface area contributed by atoms with Crippen LogP contribution >= 0.6 is 0 Å². The van der Waals surface area contributed by atoms with Gasteiger partial charge >= 0.3 is 5.97 Å². The summed E-state index contributed by atoms with van der Waals surface area (Å²) in [6.07, 6.45) is 0. The lowest BCUT2D eigenvalue weighted by Gasteiger charge is -2.24. The molecule has 1 rings (SSSR count). The Morgan fingerprint density at radius 1 is 1.42 bits per heavy atom. The van der Waals surface area contributed by atoms with Crippen molar-refractivity contribution >= 4 is 5.97 Å². The Morgan fingerprint density at radius 3 is 2.53 bits per heavy atom. The molecule has 19 heavy (non-hydrogen) atoms. The van der Waals surface area contributed by atoms with Crippen LogP contribution < -0.4 is 10.1 Å². The van der Waals surface area contributed by atoms with Crippen molar-refractivity contribution in [2.75, 3.05) is 7.11 Å². The molecule has 106 valence electrons. The first-order valence-electron chi connectivity index (χ1n) is 6.40. The predicted octanol–water partition coefficient (Wildman–Crippen LogP) is 2.56. The Labute approximate surface area is 114 Å². The van der Waals surface area contributed by atoms with Crippen LogP contribution in [0.4, 0.5) is 0 Å². The van der Waals surface area contributed by atoms with Gasteiger partial charge in [-0.2, -0.15) is 0 Å². The molecule has 1 aromatic rings. The molecule has 0 aliphatic rings. The molecule has 0 radical (unpaired) electrons. The van der Waals surface area contributed by atoms with Gasteiger partial charge in [0.25, 0.3) is 0 Å². The molecule has 0 unspecified atom stereocenters. The third-order valence-corrected chi connectivity index (χ3v) is 3.08. The monoisotopic (exact) mass is 265 g/mol. The van der Waals surface area contributed by atoms with Gasteiger partial charge in [0.05, 0.1) is 7.11 Å². The predicted molar refractivity (Wildman–Crippen MR) is 75.6 cm³/mol. The zero-order valence-corrected chi connectivity index (χ0v) is 12.3. The van der Waals surface area contributed by atoms with E-state index in [9.17, 15) is 4.79 Å². The third-order valence-electron chi connectivity index (χ3n) is 3.08. The summed E-state index contributed by atoms with van der Waals surface area (Å²) >= 11 is 0. The summed E-state index contributed by atoms with van der Waals surface area (Å²) in [5.74, 6) is -0.0222. The van der Waals surface area contributed by atoms with Crippen molar-refractivity contribution in [2.45, 2.75) is 45.7 Å². The zero-order chi connectivity index (χ0) is 14.6. The smallest absolute Gasteiger partial charge is 0.320 e. The van der Waals surface area contributed by atoms with Gasteiger partial charge in [-0.1, -0.05) is 39.0 Å². The summed E-state index contributed by atoms with van der Waals surface area (Å²) in [5, 5.41) is 11.8. The third kappa shape index (κ3) is 3.96. The number of carboxylic acid groups (broad SMARTS) is 1. The number of carbonyl (C=O) groups is 1. The fourth-order valence-electron chi connectivity index (χ4n) is 1.91. The summed E-state index contributed by atoms with van der Waals surface area (Å²) in [6, 6.07) is 5.40. The maximum absolute atomic E-state index is 10.8. The number of carboxylic acids is 1. The van der Waals surface area contributed by atoms with Gasteiger partial charge in [0.1, 0.15) is 11.8 Å². The van der Waals surface area contributed by atoms with Gasteiger partial charge in [0.15, 0.2) is 0 Å². The minimum absolute atomic E-state index is 0.0141. The van der Waals surface area contributed by atoms with Crippen LogP contribution in [0, 0.1) is 0 Å². The molecule has 4 heteroatoms. The Balaban J connectivity index is 2.99. The van der Waals surface area contributed by atoms with Crippen LogP contribution in [0.15, 0.2) is 18.2 Å². The van der Waals surface area contributed by atoms with E-state index in [-0.39, 0.29) is 5.41 Å². The molecular formula is C15H23NO3. The highest BCUT2D eigenvalue weighted by molar-refractivity contribution is 5.72. The molecular weight excluding hydrogens is 242 g/mol. The lowest BCUT2D eigenvalue weighted by Crippen LogP contribution is -2.33. The first-order valence-corrected chi connectivity index (χ1v) is 6.40. The molecule has 1 atom stereocenters. The van der Waals surface area contributed by atoms with Crippen LogP contribution in [-0.4, -0.2) is 24.2 Å². The Kier molecular flexibility index (Phi) is 4.95. The minimum Gasteiger partial charge on any atom is -0.496 e. The van der Waals surface area contributed by atoms with Crippen LogP contribution in [0.2, 0.25) is 0 Å². The van der Waals surface area contributed by atoms with Crippen LogP contribution in [0.1, 0.15) is 38.8 Å². The van der Waals surface area contributed by atoms with E-state index in [0.717, 1.165) is 16.9 Å². The van der Waals surface area contributed by atoms with Gasteiger partial charge < -0.3 is 15.2 Å². The van der Waals surface area contributed by atoms with Crippen LogP contribution in [-0.2, 0) is 16.8 Å². The molecule has 4 nitrogen and oxygen atoms in total. The first kappa shape index (κ1) is 15.5. The first-order chi connectivity index (χ1) is 8.77. The van der Waals surface area contributed by atoms with Gasteiger partial charge in [-0.15, -0.1) is 0 Å².